The molecular weight excluding hydrogens is 216 g/mol. The minimum Gasteiger partial charge on any atom is -0.394 e. The zero-order valence-electron chi connectivity index (χ0n) is 10.5. The van der Waals surface area contributed by atoms with Gasteiger partial charge in [-0.1, -0.05) is 19.3 Å². The summed E-state index contributed by atoms with van der Waals surface area (Å²) in [6.45, 7) is 0.0562. The van der Waals surface area contributed by atoms with Gasteiger partial charge >= 0.3 is 0 Å². The number of carbonyl (C=O) groups is 1. The van der Waals surface area contributed by atoms with E-state index in [-0.39, 0.29) is 30.0 Å². The maximum absolute atomic E-state index is 12.2. The van der Waals surface area contributed by atoms with Crippen molar-refractivity contribution in [2.75, 3.05) is 6.61 Å². The van der Waals surface area contributed by atoms with Crippen LogP contribution in [0.1, 0.15) is 51.4 Å². The van der Waals surface area contributed by atoms with E-state index >= 15 is 0 Å². The van der Waals surface area contributed by atoms with Crippen LogP contribution in [0.3, 0.4) is 0 Å². The van der Waals surface area contributed by atoms with Crippen LogP contribution in [0.25, 0.3) is 0 Å². The highest BCUT2D eigenvalue weighted by atomic mass is 16.3. The third-order valence-corrected chi connectivity index (χ3v) is 4.41. The average molecular weight is 240 g/mol. The number of nitrogens with two attached hydrogens (primary N) is 1. The number of hydrogen-bond acceptors (Lipinski definition) is 3. The Hall–Kier alpha value is -0.610. The molecule has 4 N–H and O–H groups in total. The van der Waals surface area contributed by atoms with Gasteiger partial charge in [0.1, 0.15) is 0 Å². The summed E-state index contributed by atoms with van der Waals surface area (Å²) in [7, 11) is 0. The van der Waals surface area contributed by atoms with Gasteiger partial charge in [-0.25, -0.2) is 0 Å². The molecule has 0 bridgehead atoms. The molecule has 2 unspecified atom stereocenters. The summed E-state index contributed by atoms with van der Waals surface area (Å²) in [5.74, 6) is 0.00896. The normalized spacial score (nSPS) is 32.4. The van der Waals surface area contributed by atoms with Crippen LogP contribution in [0.15, 0.2) is 0 Å². The number of rotatable bonds is 3. The summed E-state index contributed by atoms with van der Waals surface area (Å²) >= 11 is 0. The van der Waals surface area contributed by atoms with Crippen LogP contribution in [-0.2, 0) is 4.79 Å². The molecule has 0 spiro atoms. The highest BCUT2D eigenvalue weighted by molar-refractivity contribution is 5.80. The largest absolute Gasteiger partial charge is 0.394 e. The molecule has 4 nitrogen and oxygen atoms in total. The molecule has 1 amide bonds. The maximum atomic E-state index is 12.2. The molecule has 2 rings (SSSR count). The predicted molar refractivity (Wildman–Crippen MR) is 66.4 cm³/mol. The molecule has 0 saturated heterocycles. The van der Waals surface area contributed by atoms with Crippen molar-refractivity contribution in [2.24, 2.45) is 11.7 Å². The lowest BCUT2D eigenvalue weighted by Crippen LogP contribution is -2.58. The van der Waals surface area contributed by atoms with E-state index in [1.165, 1.54) is 6.42 Å². The topological polar surface area (TPSA) is 75.4 Å². The van der Waals surface area contributed by atoms with E-state index < -0.39 is 0 Å². The zero-order valence-corrected chi connectivity index (χ0v) is 10.5. The second kappa shape index (κ2) is 5.36. The van der Waals surface area contributed by atoms with Gasteiger partial charge in [-0.3, -0.25) is 4.79 Å². The number of aliphatic hydroxyl groups excluding tert-OH is 1. The third-order valence-electron chi connectivity index (χ3n) is 4.41. The predicted octanol–water partition coefficient (Wildman–Crippen LogP) is 0.925. The Kier molecular flexibility index (Phi) is 4.05. The van der Waals surface area contributed by atoms with Crippen molar-refractivity contribution in [3.8, 4) is 0 Å². The lowest BCUT2D eigenvalue weighted by Gasteiger charge is -2.42. The van der Waals surface area contributed by atoms with E-state index in [2.05, 4.69) is 5.32 Å². The van der Waals surface area contributed by atoms with Crippen molar-refractivity contribution in [3.05, 3.63) is 0 Å². The van der Waals surface area contributed by atoms with Gasteiger partial charge in [0, 0.05) is 6.04 Å². The fraction of sp³-hybridized carbons (Fsp3) is 0.923. The first-order valence-corrected chi connectivity index (χ1v) is 6.85. The number of carbonyl (C=O) groups excluding carboxylic acids is 1. The number of hydrogen-bond donors (Lipinski definition) is 3. The molecule has 98 valence electrons. The first-order valence-electron chi connectivity index (χ1n) is 6.85. The van der Waals surface area contributed by atoms with E-state index in [0.717, 1.165) is 44.9 Å². The van der Waals surface area contributed by atoms with Gasteiger partial charge in [0.05, 0.1) is 18.1 Å². The van der Waals surface area contributed by atoms with E-state index in [1.807, 2.05) is 0 Å². The highest BCUT2D eigenvalue weighted by Gasteiger charge is 2.40. The maximum Gasteiger partial charge on any atom is 0.225 e. The first kappa shape index (κ1) is 12.8. The number of aliphatic hydroxyl groups is 1. The molecule has 2 aliphatic rings. The molecule has 2 aliphatic carbocycles. The Balaban J connectivity index is 1.93. The quantitative estimate of drug-likeness (QED) is 0.642. The van der Waals surface area contributed by atoms with Gasteiger partial charge in [0.25, 0.3) is 0 Å². The van der Waals surface area contributed by atoms with Gasteiger partial charge in [-0.15, -0.1) is 0 Å². The van der Waals surface area contributed by atoms with Crippen LogP contribution >= 0.6 is 0 Å². The first-order chi connectivity index (χ1) is 8.17. The van der Waals surface area contributed by atoms with Crippen LogP contribution in [0.4, 0.5) is 0 Å². The molecule has 4 heteroatoms. The summed E-state index contributed by atoms with van der Waals surface area (Å²) in [5.41, 5.74) is 5.75. The molecule has 0 radical (unpaired) electrons. The van der Waals surface area contributed by atoms with Crippen LogP contribution in [0, 0.1) is 5.92 Å². The lowest BCUT2D eigenvalue weighted by atomic mass is 9.76. The Labute approximate surface area is 103 Å². The second-order valence-corrected chi connectivity index (χ2v) is 5.69. The minimum absolute atomic E-state index is 0.00619. The van der Waals surface area contributed by atoms with Crippen molar-refractivity contribution in [1.29, 1.82) is 0 Å². The third kappa shape index (κ3) is 2.80. The average Bonchev–Trinajstić information content (AvgIpc) is 2.48. The van der Waals surface area contributed by atoms with Crippen LogP contribution in [0.5, 0.6) is 0 Å². The van der Waals surface area contributed by atoms with Gasteiger partial charge in [-0.05, 0) is 32.1 Å². The lowest BCUT2D eigenvalue weighted by molar-refractivity contribution is -0.129. The van der Waals surface area contributed by atoms with Crippen molar-refractivity contribution < 1.29 is 9.90 Å². The van der Waals surface area contributed by atoms with Gasteiger partial charge < -0.3 is 16.2 Å². The van der Waals surface area contributed by atoms with E-state index in [4.69, 9.17) is 5.73 Å². The Bertz CT molecular complexity index is 271. The van der Waals surface area contributed by atoms with Gasteiger partial charge in [0.2, 0.25) is 5.91 Å². The van der Waals surface area contributed by atoms with Crippen molar-refractivity contribution in [2.45, 2.75) is 62.9 Å². The Morgan fingerprint density at radius 1 is 1.24 bits per heavy atom. The standard InChI is InChI=1S/C13H24N2O2/c14-11-6-3-1-2-5-10(11)12(17)15-13(9-16)7-4-8-13/h10-11,16H,1-9,14H2,(H,15,17). The number of amides is 1. The summed E-state index contributed by atoms with van der Waals surface area (Å²) in [6, 6.07) is -0.00619. The van der Waals surface area contributed by atoms with Crippen molar-refractivity contribution in [3.63, 3.8) is 0 Å². The second-order valence-electron chi connectivity index (χ2n) is 5.69. The SMILES string of the molecule is NC1CCCCCC1C(=O)NC1(CO)CCC1. The zero-order chi connectivity index (χ0) is 12.3. The van der Waals surface area contributed by atoms with Gasteiger partial charge in [0.15, 0.2) is 0 Å². The fourth-order valence-electron chi connectivity index (χ4n) is 2.94. The molecular formula is C13H24N2O2. The molecule has 0 aromatic heterocycles. The summed E-state index contributed by atoms with van der Waals surface area (Å²) < 4.78 is 0. The highest BCUT2D eigenvalue weighted by Crippen LogP contribution is 2.32. The van der Waals surface area contributed by atoms with Crippen molar-refractivity contribution >= 4 is 5.91 Å². The molecule has 0 aliphatic heterocycles. The molecule has 0 aromatic carbocycles. The molecule has 0 heterocycles. The molecule has 17 heavy (non-hydrogen) atoms. The smallest absolute Gasteiger partial charge is 0.225 e. The number of nitrogens with one attached hydrogen (secondary N) is 1. The van der Waals surface area contributed by atoms with E-state index in [1.54, 1.807) is 0 Å². The fourth-order valence-corrected chi connectivity index (χ4v) is 2.94. The summed E-state index contributed by atoms with van der Waals surface area (Å²) in [4.78, 5) is 12.2. The van der Waals surface area contributed by atoms with E-state index in [9.17, 15) is 9.90 Å². The Morgan fingerprint density at radius 2 is 1.94 bits per heavy atom. The van der Waals surface area contributed by atoms with Crippen LogP contribution < -0.4 is 11.1 Å². The Morgan fingerprint density at radius 3 is 2.53 bits per heavy atom. The summed E-state index contributed by atoms with van der Waals surface area (Å²) in [6.07, 6.45) is 8.15. The summed E-state index contributed by atoms with van der Waals surface area (Å²) in [5, 5.41) is 12.4. The monoisotopic (exact) mass is 240 g/mol. The van der Waals surface area contributed by atoms with Gasteiger partial charge in [-0.2, -0.15) is 0 Å². The molecule has 2 fully saturated rings. The molecule has 0 aromatic rings. The van der Waals surface area contributed by atoms with Crippen molar-refractivity contribution in [1.82, 2.24) is 5.32 Å². The van der Waals surface area contributed by atoms with Crippen LogP contribution in [0.2, 0.25) is 0 Å². The van der Waals surface area contributed by atoms with Crippen LogP contribution in [-0.4, -0.2) is 29.2 Å². The van der Waals surface area contributed by atoms with E-state index in [0.29, 0.717) is 0 Å². The minimum atomic E-state index is -0.330. The molecule has 2 saturated carbocycles. The molecule has 2 atom stereocenters.